The molecular weight excluding hydrogens is 374 g/mol. The summed E-state index contributed by atoms with van der Waals surface area (Å²) in [5, 5.41) is 15.8. The van der Waals surface area contributed by atoms with E-state index in [9.17, 15) is 4.79 Å². The number of nitrogens with zero attached hydrogens (tertiary/aromatic N) is 6. The molecule has 1 fully saturated rings. The van der Waals surface area contributed by atoms with E-state index in [2.05, 4.69) is 49.1 Å². The van der Waals surface area contributed by atoms with Crippen LogP contribution in [0.4, 0.5) is 17.3 Å². The first-order valence-corrected chi connectivity index (χ1v) is 9.88. The number of benzene rings is 1. The molecule has 2 aromatic heterocycles. The third-order valence-corrected chi connectivity index (χ3v) is 5.53. The zero-order valence-electron chi connectivity index (χ0n) is 15.8. The number of nitrogens with one attached hydrogen (secondary N) is 1. The van der Waals surface area contributed by atoms with Crippen molar-refractivity contribution in [3.8, 4) is 0 Å². The van der Waals surface area contributed by atoms with Crippen molar-refractivity contribution in [2.45, 2.75) is 13.8 Å². The Morgan fingerprint density at radius 3 is 2.32 bits per heavy atom. The van der Waals surface area contributed by atoms with Gasteiger partial charge in [-0.1, -0.05) is 22.2 Å². The van der Waals surface area contributed by atoms with E-state index >= 15 is 0 Å². The van der Waals surface area contributed by atoms with Crippen LogP contribution < -0.4 is 10.2 Å². The summed E-state index contributed by atoms with van der Waals surface area (Å²) in [6.45, 7) is 6.59. The summed E-state index contributed by atoms with van der Waals surface area (Å²) in [6.07, 6.45) is 0. The Morgan fingerprint density at radius 2 is 1.71 bits per heavy atom. The fraction of sp³-hybridized carbons (Fsp3) is 0.316. The number of piperazine rings is 1. The topological polar surface area (TPSA) is 87.1 Å². The quantitative estimate of drug-likeness (QED) is 0.727. The molecule has 1 N–H and O–H groups in total. The van der Waals surface area contributed by atoms with E-state index in [1.54, 1.807) is 0 Å². The minimum absolute atomic E-state index is 0.0101. The summed E-state index contributed by atoms with van der Waals surface area (Å²) in [7, 11) is 0. The smallest absolute Gasteiger partial charge is 0.267 e. The second-order valence-corrected chi connectivity index (χ2v) is 7.49. The van der Waals surface area contributed by atoms with E-state index in [1.165, 1.54) is 5.56 Å². The highest BCUT2D eigenvalue weighted by Crippen LogP contribution is 2.19. The maximum atomic E-state index is 12.6. The standard InChI is InChI=1S/C19H21N7OS/c1-13-3-5-15(6-4-13)20-16-7-8-17(23-22-16)25-9-11-26(12-10-25)19(27)18-14(2)21-24-28-18/h3-8H,9-12H2,1-2H3,(H,20,22). The first kappa shape index (κ1) is 18.3. The van der Waals surface area contributed by atoms with Crippen LogP contribution in [0.15, 0.2) is 36.4 Å². The first-order chi connectivity index (χ1) is 13.6. The van der Waals surface area contributed by atoms with E-state index in [1.807, 2.05) is 36.1 Å². The van der Waals surface area contributed by atoms with Crippen molar-refractivity contribution < 1.29 is 4.79 Å². The lowest BCUT2D eigenvalue weighted by atomic mass is 10.2. The molecule has 144 valence electrons. The summed E-state index contributed by atoms with van der Waals surface area (Å²) >= 11 is 1.16. The maximum absolute atomic E-state index is 12.6. The van der Waals surface area contributed by atoms with Crippen molar-refractivity contribution in [1.82, 2.24) is 24.7 Å². The van der Waals surface area contributed by atoms with Gasteiger partial charge in [0.2, 0.25) is 0 Å². The van der Waals surface area contributed by atoms with Gasteiger partial charge >= 0.3 is 0 Å². The van der Waals surface area contributed by atoms with Crippen LogP contribution in [0.2, 0.25) is 0 Å². The zero-order chi connectivity index (χ0) is 19.5. The van der Waals surface area contributed by atoms with Gasteiger partial charge in [-0.25, -0.2) is 0 Å². The van der Waals surface area contributed by atoms with Crippen molar-refractivity contribution in [3.63, 3.8) is 0 Å². The monoisotopic (exact) mass is 395 g/mol. The van der Waals surface area contributed by atoms with Crippen LogP contribution in [-0.2, 0) is 0 Å². The fourth-order valence-electron chi connectivity index (χ4n) is 3.06. The van der Waals surface area contributed by atoms with Gasteiger partial charge < -0.3 is 15.1 Å². The number of anilines is 3. The maximum Gasteiger partial charge on any atom is 0.267 e. The Kier molecular flexibility index (Phi) is 5.16. The minimum atomic E-state index is 0.0101. The molecule has 3 aromatic rings. The van der Waals surface area contributed by atoms with Crippen molar-refractivity contribution >= 4 is 34.8 Å². The molecule has 0 unspecified atom stereocenters. The number of carbonyl (C=O) groups excluding carboxylic acids is 1. The number of aromatic nitrogens is 4. The van der Waals surface area contributed by atoms with Gasteiger partial charge in [-0.3, -0.25) is 4.79 Å². The summed E-state index contributed by atoms with van der Waals surface area (Å²) < 4.78 is 3.85. The number of rotatable bonds is 4. The van der Waals surface area contributed by atoms with Crippen LogP contribution in [0.1, 0.15) is 20.9 Å². The number of hydrogen-bond donors (Lipinski definition) is 1. The lowest BCUT2D eigenvalue weighted by Crippen LogP contribution is -2.49. The molecule has 1 saturated heterocycles. The molecule has 9 heteroatoms. The van der Waals surface area contributed by atoms with E-state index in [4.69, 9.17) is 0 Å². The average Bonchev–Trinajstić information content (AvgIpc) is 3.16. The Morgan fingerprint density at radius 1 is 0.964 bits per heavy atom. The molecule has 28 heavy (non-hydrogen) atoms. The average molecular weight is 395 g/mol. The Balaban J connectivity index is 1.35. The molecule has 0 aliphatic carbocycles. The van der Waals surface area contributed by atoms with Gasteiger partial charge in [-0.15, -0.1) is 15.3 Å². The lowest BCUT2D eigenvalue weighted by Gasteiger charge is -2.34. The van der Waals surface area contributed by atoms with Crippen LogP contribution in [0, 0.1) is 13.8 Å². The molecule has 3 heterocycles. The minimum Gasteiger partial charge on any atom is -0.352 e. The Bertz CT molecular complexity index is 947. The summed E-state index contributed by atoms with van der Waals surface area (Å²) in [6, 6.07) is 12.0. The molecule has 0 radical (unpaired) electrons. The van der Waals surface area contributed by atoms with Crippen molar-refractivity contribution in [2.24, 2.45) is 0 Å². The largest absolute Gasteiger partial charge is 0.352 e. The molecule has 0 atom stereocenters. The van der Waals surface area contributed by atoms with Crippen LogP contribution in [-0.4, -0.2) is 56.8 Å². The number of aryl methyl sites for hydroxylation is 2. The molecule has 1 amide bonds. The highest BCUT2D eigenvalue weighted by Gasteiger charge is 2.25. The van der Waals surface area contributed by atoms with Crippen LogP contribution in [0.3, 0.4) is 0 Å². The lowest BCUT2D eigenvalue weighted by molar-refractivity contribution is 0.0750. The first-order valence-electron chi connectivity index (χ1n) is 9.11. The number of hydrogen-bond acceptors (Lipinski definition) is 8. The molecule has 0 spiro atoms. The number of amides is 1. The Hall–Kier alpha value is -3.07. The second-order valence-electron chi connectivity index (χ2n) is 6.73. The van der Waals surface area contributed by atoms with Crippen molar-refractivity contribution in [3.05, 3.63) is 52.5 Å². The number of carbonyl (C=O) groups is 1. The predicted octanol–water partition coefficient (Wildman–Crippen LogP) is 2.65. The van der Waals surface area contributed by atoms with E-state index in [0.717, 1.165) is 36.1 Å². The normalized spacial score (nSPS) is 14.2. The molecular formula is C19H21N7OS. The summed E-state index contributed by atoms with van der Waals surface area (Å²) in [5.74, 6) is 1.53. The van der Waals surface area contributed by atoms with Gasteiger partial charge in [0, 0.05) is 31.9 Å². The molecule has 1 aliphatic heterocycles. The summed E-state index contributed by atoms with van der Waals surface area (Å²) in [5.41, 5.74) is 2.89. The molecule has 0 saturated carbocycles. The second kappa shape index (κ2) is 7.89. The zero-order valence-corrected chi connectivity index (χ0v) is 16.6. The summed E-state index contributed by atoms with van der Waals surface area (Å²) in [4.78, 5) is 17.2. The molecule has 1 aromatic carbocycles. The van der Waals surface area contributed by atoms with Crippen LogP contribution in [0.25, 0.3) is 0 Å². The van der Waals surface area contributed by atoms with Gasteiger partial charge in [0.15, 0.2) is 11.6 Å². The highest BCUT2D eigenvalue weighted by molar-refractivity contribution is 7.07. The molecule has 1 aliphatic rings. The third-order valence-electron chi connectivity index (χ3n) is 4.71. The highest BCUT2D eigenvalue weighted by atomic mass is 32.1. The van der Waals surface area contributed by atoms with E-state index in [-0.39, 0.29) is 5.91 Å². The van der Waals surface area contributed by atoms with Crippen molar-refractivity contribution in [1.29, 1.82) is 0 Å². The predicted molar refractivity (Wildman–Crippen MR) is 109 cm³/mol. The van der Waals surface area contributed by atoms with Crippen molar-refractivity contribution in [2.75, 3.05) is 36.4 Å². The van der Waals surface area contributed by atoms with E-state index < -0.39 is 0 Å². The Labute approximate surface area is 167 Å². The van der Waals surface area contributed by atoms with Gasteiger partial charge in [-0.2, -0.15) is 0 Å². The van der Waals surface area contributed by atoms with Gasteiger partial charge in [0.1, 0.15) is 4.88 Å². The van der Waals surface area contributed by atoms with Crippen LogP contribution in [0.5, 0.6) is 0 Å². The molecule has 0 bridgehead atoms. The SMILES string of the molecule is Cc1ccc(Nc2ccc(N3CCN(C(=O)c4snnc4C)CC3)nn2)cc1. The van der Waals surface area contributed by atoms with Crippen LogP contribution >= 0.6 is 11.5 Å². The van der Waals surface area contributed by atoms with Gasteiger partial charge in [0.05, 0.1) is 5.69 Å². The fourth-order valence-corrected chi connectivity index (χ4v) is 3.68. The van der Waals surface area contributed by atoms with Gasteiger partial charge in [-0.05, 0) is 49.6 Å². The molecule has 8 nitrogen and oxygen atoms in total. The third kappa shape index (κ3) is 3.94. The van der Waals surface area contributed by atoms with Gasteiger partial charge in [0.25, 0.3) is 5.91 Å². The van der Waals surface area contributed by atoms with E-state index in [0.29, 0.717) is 29.5 Å². The molecule has 4 rings (SSSR count).